The second-order valence-electron chi connectivity index (χ2n) is 3.37. The van der Waals surface area contributed by atoms with E-state index in [1.54, 1.807) is 7.11 Å². The second kappa shape index (κ2) is 5.44. The number of hydrogen-bond donors (Lipinski definition) is 0. The summed E-state index contributed by atoms with van der Waals surface area (Å²) < 4.78 is 15.6. The Labute approximate surface area is 84.5 Å². The minimum absolute atomic E-state index is 0.0325. The van der Waals surface area contributed by atoms with E-state index < -0.39 is 5.60 Å². The first-order valence-corrected chi connectivity index (χ1v) is 4.99. The lowest BCUT2D eigenvalue weighted by Crippen LogP contribution is -2.47. The van der Waals surface area contributed by atoms with Gasteiger partial charge in [-0.05, 0) is 6.92 Å². The van der Waals surface area contributed by atoms with Crippen LogP contribution in [-0.2, 0) is 19.0 Å². The van der Waals surface area contributed by atoms with Crippen LogP contribution in [0.2, 0.25) is 0 Å². The molecule has 1 aliphatic heterocycles. The van der Waals surface area contributed by atoms with Gasteiger partial charge in [0, 0.05) is 39.8 Å². The van der Waals surface area contributed by atoms with Gasteiger partial charge < -0.3 is 14.2 Å². The zero-order valence-corrected chi connectivity index (χ0v) is 8.88. The lowest BCUT2D eigenvalue weighted by atomic mass is 9.89. The first-order chi connectivity index (χ1) is 6.75. The molecule has 4 nitrogen and oxygen atoms in total. The van der Waals surface area contributed by atoms with E-state index in [0.29, 0.717) is 32.7 Å². The fourth-order valence-corrected chi connectivity index (χ4v) is 1.62. The van der Waals surface area contributed by atoms with Crippen molar-refractivity contribution < 1.29 is 19.0 Å². The van der Waals surface area contributed by atoms with Gasteiger partial charge in [-0.25, -0.2) is 0 Å². The molecule has 1 saturated heterocycles. The molecule has 14 heavy (non-hydrogen) atoms. The van der Waals surface area contributed by atoms with Gasteiger partial charge in [-0.15, -0.1) is 0 Å². The predicted molar refractivity (Wildman–Crippen MR) is 51.3 cm³/mol. The van der Waals surface area contributed by atoms with E-state index in [4.69, 9.17) is 14.2 Å². The van der Waals surface area contributed by atoms with Crippen molar-refractivity contribution in [2.75, 3.05) is 33.5 Å². The van der Waals surface area contributed by atoms with Gasteiger partial charge in [0.05, 0.1) is 0 Å². The molecule has 82 valence electrons. The molecule has 4 heteroatoms. The standard InChI is InChI=1S/C10H18O4/c1-3-13-8-9(11)10(12-2)4-6-14-7-5-10/h3-8H2,1-2H3. The average molecular weight is 202 g/mol. The molecule has 0 N–H and O–H groups in total. The fourth-order valence-electron chi connectivity index (χ4n) is 1.62. The highest BCUT2D eigenvalue weighted by Gasteiger charge is 2.39. The summed E-state index contributed by atoms with van der Waals surface area (Å²) in [5.41, 5.74) is -0.659. The SMILES string of the molecule is CCOCC(=O)C1(OC)CCOCC1. The van der Waals surface area contributed by atoms with E-state index in [9.17, 15) is 4.79 Å². The van der Waals surface area contributed by atoms with E-state index in [0.717, 1.165) is 0 Å². The third kappa shape index (κ3) is 2.53. The first-order valence-electron chi connectivity index (χ1n) is 4.99. The minimum Gasteiger partial charge on any atom is -0.381 e. The molecule has 0 spiro atoms. The lowest BCUT2D eigenvalue weighted by molar-refractivity contribution is -0.157. The van der Waals surface area contributed by atoms with E-state index in [-0.39, 0.29) is 12.4 Å². The van der Waals surface area contributed by atoms with Gasteiger partial charge >= 0.3 is 0 Å². The summed E-state index contributed by atoms with van der Waals surface area (Å²) in [4.78, 5) is 11.8. The van der Waals surface area contributed by atoms with Crippen LogP contribution in [0.1, 0.15) is 19.8 Å². The summed E-state index contributed by atoms with van der Waals surface area (Å²) in [5.74, 6) is 0.0325. The van der Waals surface area contributed by atoms with Gasteiger partial charge in [0.2, 0.25) is 0 Å². The number of ether oxygens (including phenoxy) is 3. The van der Waals surface area contributed by atoms with Gasteiger partial charge in [0.25, 0.3) is 0 Å². The van der Waals surface area contributed by atoms with Crippen molar-refractivity contribution in [2.24, 2.45) is 0 Å². The van der Waals surface area contributed by atoms with E-state index >= 15 is 0 Å². The molecule has 1 heterocycles. The summed E-state index contributed by atoms with van der Waals surface area (Å²) in [6, 6.07) is 0. The van der Waals surface area contributed by atoms with E-state index in [1.165, 1.54) is 0 Å². The lowest BCUT2D eigenvalue weighted by Gasteiger charge is -2.34. The first kappa shape index (κ1) is 11.6. The number of methoxy groups -OCH3 is 1. The largest absolute Gasteiger partial charge is 0.381 e. The Hall–Kier alpha value is -0.450. The van der Waals surface area contributed by atoms with Crippen LogP contribution in [0.4, 0.5) is 0 Å². The number of hydrogen-bond acceptors (Lipinski definition) is 4. The summed E-state index contributed by atoms with van der Waals surface area (Å²) >= 11 is 0. The third-order valence-electron chi connectivity index (χ3n) is 2.64. The molecule has 0 aromatic heterocycles. The Morgan fingerprint density at radius 2 is 2.07 bits per heavy atom. The topological polar surface area (TPSA) is 44.8 Å². The molecule has 0 bridgehead atoms. The van der Waals surface area contributed by atoms with E-state index in [2.05, 4.69) is 0 Å². The molecule has 0 amide bonds. The maximum absolute atomic E-state index is 11.8. The number of Topliss-reactive ketones (excluding diaryl/α,β-unsaturated/α-hetero) is 1. The number of ketones is 1. The van der Waals surface area contributed by atoms with Crippen LogP contribution in [-0.4, -0.2) is 44.9 Å². The summed E-state index contributed by atoms with van der Waals surface area (Å²) in [5, 5.41) is 0. The van der Waals surface area contributed by atoms with Gasteiger partial charge in [0.15, 0.2) is 5.78 Å². The molecule has 0 aliphatic carbocycles. The molecule has 1 aliphatic rings. The van der Waals surface area contributed by atoms with Crippen molar-refractivity contribution in [2.45, 2.75) is 25.4 Å². The van der Waals surface area contributed by atoms with Gasteiger partial charge in [-0.3, -0.25) is 4.79 Å². The molecule has 0 saturated carbocycles. The number of rotatable bonds is 5. The van der Waals surface area contributed by atoms with Gasteiger partial charge in [0.1, 0.15) is 12.2 Å². The van der Waals surface area contributed by atoms with Crippen LogP contribution in [0.15, 0.2) is 0 Å². The van der Waals surface area contributed by atoms with Crippen LogP contribution >= 0.6 is 0 Å². The zero-order chi connectivity index (χ0) is 10.4. The smallest absolute Gasteiger partial charge is 0.190 e. The Morgan fingerprint density at radius 3 is 2.57 bits per heavy atom. The van der Waals surface area contributed by atoms with Crippen molar-refractivity contribution in [1.29, 1.82) is 0 Å². The van der Waals surface area contributed by atoms with Crippen molar-refractivity contribution in [3.05, 3.63) is 0 Å². The summed E-state index contributed by atoms with van der Waals surface area (Å²) in [6.07, 6.45) is 1.27. The van der Waals surface area contributed by atoms with Crippen LogP contribution < -0.4 is 0 Å². The summed E-state index contributed by atoms with van der Waals surface area (Å²) in [6.45, 7) is 3.75. The highest BCUT2D eigenvalue weighted by molar-refractivity contribution is 5.88. The number of carbonyl (C=O) groups is 1. The maximum Gasteiger partial charge on any atom is 0.190 e. The maximum atomic E-state index is 11.8. The number of carbonyl (C=O) groups excluding carboxylic acids is 1. The van der Waals surface area contributed by atoms with Crippen LogP contribution in [0.25, 0.3) is 0 Å². The second-order valence-corrected chi connectivity index (χ2v) is 3.37. The van der Waals surface area contributed by atoms with Crippen molar-refractivity contribution in [3.8, 4) is 0 Å². The van der Waals surface area contributed by atoms with Gasteiger partial charge in [-0.2, -0.15) is 0 Å². The van der Waals surface area contributed by atoms with Gasteiger partial charge in [-0.1, -0.05) is 0 Å². The molecular weight excluding hydrogens is 184 g/mol. The third-order valence-corrected chi connectivity index (χ3v) is 2.64. The Morgan fingerprint density at radius 1 is 1.43 bits per heavy atom. The Bertz CT molecular complexity index is 185. The van der Waals surface area contributed by atoms with Crippen molar-refractivity contribution in [1.82, 2.24) is 0 Å². The molecule has 1 fully saturated rings. The van der Waals surface area contributed by atoms with Crippen LogP contribution in [0.3, 0.4) is 0 Å². The summed E-state index contributed by atoms with van der Waals surface area (Å²) in [7, 11) is 1.58. The zero-order valence-electron chi connectivity index (χ0n) is 8.88. The normalized spacial score (nSPS) is 20.7. The quantitative estimate of drug-likeness (QED) is 0.661. The molecule has 0 radical (unpaired) electrons. The van der Waals surface area contributed by atoms with Crippen LogP contribution in [0.5, 0.6) is 0 Å². The molecule has 0 unspecified atom stereocenters. The molecule has 0 aromatic rings. The van der Waals surface area contributed by atoms with Crippen LogP contribution in [0, 0.1) is 0 Å². The molecule has 0 atom stereocenters. The van der Waals surface area contributed by atoms with Crippen molar-refractivity contribution >= 4 is 5.78 Å². The van der Waals surface area contributed by atoms with Crippen molar-refractivity contribution in [3.63, 3.8) is 0 Å². The minimum atomic E-state index is -0.659. The molecule has 0 aromatic carbocycles. The molecular formula is C10H18O4. The Balaban J connectivity index is 2.53. The van der Waals surface area contributed by atoms with E-state index in [1.807, 2.05) is 6.92 Å². The highest BCUT2D eigenvalue weighted by atomic mass is 16.5. The average Bonchev–Trinajstić information content (AvgIpc) is 2.26. The highest BCUT2D eigenvalue weighted by Crippen LogP contribution is 2.25. The predicted octanol–water partition coefficient (Wildman–Crippen LogP) is 0.788. The Kier molecular flexibility index (Phi) is 4.51. The fraction of sp³-hybridized carbons (Fsp3) is 0.900. The monoisotopic (exact) mass is 202 g/mol. The molecule has 1 rings (SSSR count).